The first-order valence-corrected chi connectivity index (χ1v) is 14.9. The summed E-state index contributed by atoms with van der Waals surface area (Å²) in [6.45, 7) is 3.70. The van der Waals surface area contributed by atoms with E-state index >= 15 is 0 Å². The average Bonchev–Trinajstić information content (AvgIpc) is 3.64. The minimum atomic E-state index is -4.29. The minimum absolute atomic E-state index is 0.000363. The molecule has 1 aromatic heterocycles. The van der Waals surface area contributed by atoms with Gasteiger partial charge in [0.2, 0.25) is 0 Å². The topological polar surface area (TPSA) is 99.2 Å². The number of carbonyl (C=O) groups excluding carboxylic acids is 2. The van der Waals surface area contributed by atoms with Gasteiger partial charge >= 0.3 is 16.1 Å². The third kappa shape index (κ3) is 7.21. The molecule has 1 saturated heterocycles. The number of amides is 1. The van der Waals surface area contributed by atoms with Gasteiger partial charge in [0.25, 0.3) is 5.91 Å². The highest BCUT2D eigenvalue weighted by Gasteiger charge is 2.26. The van der Waals surface area contributed by atoms with Gasteiger partial charge in [0.15, 0.2) is 0 Å². The molecule has 3 aromatic rings. The Hall–Kier alpha value is -3.21. The maximum atomic E-state index is 13.1. The quantitative estimate of drug-likeness (QED) is 0.169. The molecule has 0 saturated carbocycles. The van der Waals surface area contributed by atoms with Gasteiger partial charge in [0.1, 0.15) is 10.6 Å². The molecule has 1 unspecified atom stereocenters. The van der Waals surface area contributed by atoms with Crippen LogP contribution in [-0.2, 0) is 26.1 Å². The maximum Gasteiger partial charge on any atom is 0.340 e. The van der Waals surface area contributed by atoms with E-state index in [2.05, 4.69) is 0 Å². The largest absolute Gasteiger partial charge is 0.462 e. The first kappa shape index (κ1) is 27.8. The number of esters is 1. The van der Waals surface area contributed by atoms with Gasteiger partial charge in [0, 0.05) is 19.7 Å². The van der Waals surface area contributed by atoms with Crippen LogP contribution in [-0.4, -0.2) is 51.1 Å². The van der Waals surface area contributed by atoms with Gasteiger partial charge in [-0.05, 0) is 60.5 Å². The molecule has 2 heterocycles. The second-order valence-electron chi connectivity index (χ2n) is 8.97. The number of ether oxygens (including phenoxy) is 2. The number of carbonyl (C=O) groups is 2. The summed E-state index contributed by atoms with van der Waals surface area (Å²) in [7, 11) is -4.29. The van der Waals surface area contributed by atoms with E-state index in [0.29, 0.717) is 31.0 Å². The summed E-state index contributed by atoms with van der Waals surface area (Å²) in [5, 5.41) is 1.87. The Labute approximate surface area is 227 Å². The van der Waals surface area contributed by atoms with Gasteiger partial charge in [-0.2, -0.15) is 8.42 Å². The third-order valence-corrected chi connectivity index (χ3v) is 8.24. The number of benzene rings is 2. The van der Waals surface area contributed by atoms with Crippen molar-refractivity contribution in [1.82, 2.24) is 4.90 Å². The van der Waals surface area contributed by atoms with Gasteiger partial charge in [-0.3, -0.25) is 4.79 Å². The van der Waals surface area contributed by atoms with Crippen LogP contribution in [0, 0.1) is 0 Å². The molecule has 1 aliphatic heterocycles. The van der Waals surface area contributed by atoms with Gasteiger partial charge in [-0.1, -0.05) is 43.7 Å². The molecule has 2 aromatic carbocycles. The number of hydrogen-bond acceptors (Lipinski definition) is 8. The summed E-state index contributed by atoms with van der Waals surface area (Å²) in [5.41, 5.74) is 0.745. The van der Waals surface area contributed by atoms with Crippen molar-refractivity contribution in [2.24, 2.45) is 0 Å². The van der Waals surface area contributed by atoms with E-state index in [1.807, 2.05) is 18.4 Å². The molecule has 0 N–H and O–H groups in total. The fourth-order valence-corrected chi connectivity index (χ4v) is 5.90. The Balaban J connectivity index is 1.46. The molecule has 10 heteroatoms. The molecule has 202 valence electrons. The highest BCUT2D eigenvalue weighted by molar-refractivity contribution is 7.87. The predicted octanol–water partition coefficient (Wildman–Crippen LogP) is 5.29. The van der Waals surface area contributed by atoms with Crippen molar-refractivity contribution in [1.29, 1.82) is 0 Å². The SMILES string of the molecule is CCCCOC(=O)c1ccccc1S(=O)(=O)Oc1ccc(CN(CC2CCCO2)C(=O)c2cccs2)cc1. The van der Waals surface area contributed by atoms with Crippen LogP contribution in [0.1, 0.15) is 58.2 Å². The average molecular weight is 558 g/mol. The molecule has 38 heavy (non-hydrogen) atoms. The number of unbranched alkanes of at least 4 members (excludes halogenated alkanes) is 1. The summed E-state index contributed by atoms with van der Waals surface area (Å²) in [6, 6.07) is 16.0. The Morgan fingerprint density at radius 2 is 1.87 bits per heavy atom. The van der Waals surface area contributed by atoms with Crippen molar-refractivity contribution in [2.75, 3.05) is 19.8 Å². The Morgan fingerprint density at radius 1 is 1.08 bits per heavy atom. The van der Waals surface area contributed by atoms with Crippen LogP contribution in [0.4, 0.5) is 0 Å². The summed E-state index contributed by atoms with van der Waals surface area (Å²) in [6.07, 6.45) is 3.42. The maximum absolute atomic E-state index is 13.1. The molecule has 0 spiro atoms. The van der Waals surface area contributed by atoms with Crippen molar-refractivity contribution in [3.05, 3.63) is 82.0 Å². The zero-order chi connectivity index (χ0) is 27.0. The molecule has 0 bridgehead atoms. The van der Waals surface area contributed by atoms with Gasteiger partial charge in [-0.15, -0.1) is 11.3 Å². The Morgan fingerprint density at radius 3 is 2.55 bits per heavy atom. The highest BCUT2D eigenvalue weighted by Crippen LogP contribution is 2.24. The predicted molar refractivity (Wildman–Crippen MR) is 144 cm³/mol. The van der Waals surface area contributed by atoms with Crippen LogP contribution in [0.15, 0.2) is 70.9 Å². The second kappa shape index (κ2) is 13.0. The molecular weight excluding hydrogens is 526 g/mol. The molecule has 1 atom stereocenters. The van der Waals surface area contributed by atoms with E-state index in [-0.39, 0.29) is 34.8 Å². The number of nitrogens with zero attached hydrogens (tertiary/aromatic N) is 1. The van der Waals surface area contributed by atoms with Crippen molar-refractivity contribution < 1.29 is 31.7 Å². The van der Waals surface area contributed by atoms with Gasteiger partial charge in [0.05, 0.1) is 23.2 Å². The molecule has 8 nitrogen and oxygen atoms in total. The third-order valence-electron chi connectivity index (χ3n) is 6.08. The normalized spacial score (nSPS) is 15.2. The second-order valence-corrected chi connectivity index (χ2v) is 11.4. The van der Waals surface area contributed by atoms with Crippen LogP contribution < -0.4 is 4.18 Å². The molecular formula is C28H31NO7S2. The summed E-state index contributed by atoms with van der Waals surface area (Å²) < 4.78 is 42.4. The summed E-state index contributed by atoms with van der Waals surface area (Å²) >= 11 is 1.39. The standard InChI is InChI=1S/C28H31NO7S2/c1-2-3-16-35-28(31)24-9-4-5-11-26(24)38(32,33)36-22-14-12-21(13-15-22)19-29(20-23-8-6-17-34-23)27(30)25-10-7-18-37-25/h4-5,7,9-15,18,23H,2-3,6,8,16-17,19-20H2,1H3. The van der Waals surface area contributed by atoms with Crippen LogP contribution in [0.25, 0.3) is 0 Å². The van der Waals surface area contributed by atoms with Crippen LogP contribution in [0.5, 0.6) is 5.75 Å². The van der Waals surface area contributed by atoms with Crippen LogP contribution in [0.2, 0.25) is 0 Å². The van der Waals surface area contributed by atoms with Crippen molar-refractivity contribution >= 4 is 33.3 Å². The number of thiophene rings is 1. The van der Waals surface area contributed by atoms with E-state index < -0.39 is 16.1 Å². The number of hydrogen-bond donors (Lipinski definition) is 0. The smallest absolute Gasteiger partial charge is 0.340 e. The Kier molecular flexibility index (Phi) is 9.54. The summed E-state index contributed by atoms with van der Waals surface area (Å²) in [5.74, 6) is -0.683. The molecule has 0 radical (unpaired) electrons. The molecule has 1 amide bonds. The molecule has 0 aliphatic carbocycles. The van der Waals surface area contributed by atoms with Gasteiger partial charge in [-0.25, -0.2) is 4.79 Å². The first-order chi connectivity index (χ1) is 18.4. The van der Waals surface area contributed by atoms with Crippen molar-refractivity contribution in [3.8, 4) is 5.75 Å². The van der Waals surface area contributed by atoms with Crippen molar-refractivity contribution in [3.63, 3.8) is 0 Å². The van der Waals surface area contributed by atoms with E-state index in [9.17, 15) is 18.0 Å². The molecule has 1 fully saturated rings. The van der Waals surface area contributed by atoms with E-state index in [0.717, 1.165) is 24.8 Å². The minimum Gasteiger partial charge on any atom is -0.462 e. The van der Waals surface area contributed by atoms with E-state index in [1.54, 1.807) is 29.2 Å². The lowest BCUT2D eigenvalue weighted by molar-refractivity contribution is 0.0494. The Bertz CT molecular complexity index is 1320. The summed E-state index contributed by atoms with van der Waals surface area (Å²) in [4.78, 5) is 27.7. The molecule has 1 aliphatic rings. The lowest BCUT2D eigenvalue weighted by Crippen LogP contribution is -2.36. The molecule has 4 rings (SSSR count). The van der Waals surface area contributed by atoms with Crippen LogP contribution in [0.3, 0.4) is 0 Å². The lowest BCUT2D eigenvalue weighted by atomic mass is 10.1. The highest BCUT2D eigenvalue weighted by atomic mass is 32.2. The van der Waals surface area contributed by atoms with Gasteiger partial charge < -0.3 is 18.6 Å². The van der Waals surface area contributed by atoms with E-state index in [4.69, 9.17) is 13.7 Å². The van der Waals surface area contributed by atoms with Crippen LogP contribution >= 0.6 is 11.3 Å². The fourth-order valence-electron chi connectivity index (χ4n) is 4.09. The zero-order valence-corrected chi connectivity index (χ0v) is 22.8. The lowest BCUT2D eigenvalue weighted by Gasteiger charge is -2.25. The first-order valence-electron chi connectivity index (χ1n) is 12.6. The zero-order valence-electron chi connectivity index (χ0n) is 21.2. The fraction of sp³-hybridized carbons (Fsp3) is 0.357. The number of rotatable bonds is 12. The van der Waals surface area contributed by atoms with Crippen molar-refractivity contribution in [2.45, 2.75) is 50.2 Å². The monoisotopic (exact) mass is 557 g/mol. The van der Waals surface area contributed by atoms with E-state index in [1.165, 1.54) is 41.7 Å².